The van der Waals surface area contributed by atoms with Gasteiger partial charge in [0.25, 0.3) is 5.91 Å². The van der Waals surface area contributed by atoms with Crippen LogP contribution in [0, 0.1) is 0 Å². The molecule has 1 amide bonds. The maximum atomic E-state index is 12.4. The van der Waals surface area contributed by atoms with E-state index in [4.69, 9.17) is 14.2 Å². The number of carbonyl (C=O) groups excluding carboxylic acids is 1. The molecule has 0 fully saturated rings. The molecule has 0 heterocycles. The van der Waals surface area contributed by atoms with Crippen molar-refractivity contribution in [2.24, 2.45) is 5.10 Å². The molecule has 3 aromatic rings. The number of ether oxygens (including phenoxy) is 3. The predicted molar refractivity (Wildman–Crippen MR) is 123 cm³/mol. The summed E-state index contributed by atoms with van der Waals surface area (Å²) in [5, 5.41) is 4.05. The number of amides is 1. The molecule has 0 aromatic heterocycles. The number of benzene rings is 3. The van der Waals surface area contributed by atoms with Gasteiger partial charge in [0.2, 0.25) is 0 Å². The molecule has 0 bridgehead atoms. The Bertz CT molecular complexity index is 1030. The Morgan fingerprint density at radius 3 is 2.39 bits per heavy atom. The summed E-state index contributed by atoms with van der Waals surface area (Å²) in [6.45, 7) is 0.414. The smallest absolute Gasteiger partial charge is 0.273 e. The SMILES string of the molecule is COc1cc(/C=N\NC(=O)[C@@H](OC)c2ccccc2)cc(Br)c1OCc1ccccc1. The van der Waals surface area contributed by atoms with Crippen LogP contribution in [-0.2, 0) is 16.1 Å². The van der Waals surface area contributed by atoms with Gasteiger partial charge in [-0.3, -0.25) is 4.79 Å². The average molecular weight is 483 g/mol. The Morgan fingerprint density at radius 2 is 1.74 bits per heavy atom. The van der Waals surface area contributed by atoms with Crippen molar-refractivity contribution in [3.05, 3.63) is 94.0 Å². The van der Waals surface area contributed by atoms with E-state index in [-0.39, 0.29) is 5.91 Å². The Labute approximate surface area is 190 Å². The molecule has 160 valence electrons. The number of nitrogens with one attached hydrogen (secondary N) is 1. The quantitative estimate of drug-likeness (QED) is 0.348. The Morgan fingerprint density at radius 1 is 1.06 bits per heavy atom. The Balaban J connectivity index is 1.68. The molecule has 0 aliphatic carbocycles. The van der Waals surface area contributed by atoms with E-state index in [0.29, 0.717) is 18.1 Å². The summed E-state index contributed by atoms with van der Waals surface area (Å²) in [5.74, 6) is 0.784. The molecule has 3 aromatic carbocycles. The van der Waals surface area contributed by atoms with Gasteiger partial charge in [0.05, 0.1) is 17.8 Å². The molecule has 0 aliphatic rings. The highest BCUT2D eigenvalue weighted by Gasteiger charge is 2.19. The predicted octanol–water partition coefficient (Wildman–Crippen LogP) is 4.87. The molecule has 31 heavy (non-hydrogen) atoms. The summed E-state index contributed by atoms with van der Waals surface area (Å²) in [6.07, 6.45) is 0.789. The van der Waals surface area contributed by atoms with Crippen LogP contribution in [0.25, 0.3) is 0 Å². The van der Waals surface area contributed by atoms with E-state index in [1.165, 1.54) is 13.3 Å². The minimum absolute atomic E-state index is 0.362. The van der Waals surface area contributed by atoms with Crippen LogP contribution < -0.4 is 14.9 Å². The van der Waals surface area contributed by atoms with Crippen LogP contribution in [0.1, 0.15) is 22.8 Å². The molecule has 0 saturated carbocycles. The van der Waals surface area contributed by atoms with Crippen LogP contribution in [0.5, 0.6) is 11.5 Å². The number of carbonyl (C=O) groups is 1. The standard InChI is InChI=1S/C24H23BrN2O4/c1-29-21-14-18(13-20(25)23(21)31-16-17-9-5-3-6-10-17)15-26-27-24(28)22(30-2)19-11-7-4-8-12-19/h3-15,22H,16H2,1-2H3,(H,27,28)/b26-15-/t22-/m0/s1. The first kappa shape index (κ1) is 22.5. The molecule has 0 saturated heterocycles. The van der Waals surface area contributed by atoms with Gasteiger partial charge in [0, 0.05) is 7.11 Å². The molecule has 0 unspecified atom stereocenters. The number of hydrogen-bond donors (Lipinski definition) is 1. The fraction of sp³-hybridized carbons (Fsp3) is 0.167. The molecule has 7 heteroatoms. The van der Waals surface area contributed by atoms with Crippen LogP contribution in [0.3, 0.4) is 0 Å². The molecule has 0 radical (unpaired) electrons. The van der Waals surface area contributed by atoms with Crippen molar-refractivity contribution in [3.8, 4) is 11.5 Å². The number of halogens is 1. The van der Waals surface area contributed by atoms with Crippen LogP contribution in [-0.4, -0.2) is 26.3 Å². The van der Waals surface area contributed by atoms with Crippen molar-refractivity contribution in [2.75, 3.05) is 14.2 Å². The summed E-state index contributed by atoms with van der Waals surface area (Å²) in [5.41, 5.74) is 5.05. The lowest BCUT2D eigenvalue weighted by Crippen LogP contribution is -2.26. The third-order valence-corrected chi connectivity index (χ3v) is 5.03. The summed E-state index contributed by atoms with van der Waals surface area (Å²) < 4.78 is 17.4. The fourth-order valence-electron chi connectivity index (χ4n) is 2.94. The fourth-order valence-corrected chi connectivity index (χ4v) is 3.51. The van der Waals surface area contributed by atoms with Crippen molar-refractivity contribution in [2.45, 2.75) is 12.7 Å². The summed E-state index contributed by atoms with van der Waals surface area (Å²) >= 11 is 3.52. The van der Waals surface area contributed by atoms with Gasteiger partial charge in [-0.05, 0) is 44.8 Å². The number of nitrogens with zero attached hydrogens (tertiary/aromatic N) is 1. The second-order valence-electron chi connectivity index (χ2n) is 6.57. The number of hydrogen-bond acceptors (Lipinski definition) is 5. The van der Waals surface area contributed by atoms with Gasteiger partial charge in [-0.2, -0.15) is 5.10 Å². The van der Waals surface area contributed by atoms with Crippen LogP contribution in [0.15, 0.2) is 82.4 Å². The second-order valence-corrected chi connectivity index (χ2v) is 7.42. The zero-order chi connectivity index (χ0) is 22.1. The minimum atomic E-state index is -0.742. The van der Waals surface area contributed by atoms with E-state index in [1.54, 1.807) is 13.2 Å². The maximum Gasteiger partial charge on any atom is 0.273 e. The van der Waals surface area contributed by atoms with E-state index in [1.807, 2.05) is 66.7 Å². The molecule has 3 rings (SSSR count). The van der Waals surface area contributed by atoms with Crippen molar-refractivity contribution in [1.29, 1.82) is 0 Å². The van der Waals surface area contributed by atoms with Crippen molar-refractivity contribution < 1.29 is 19.0 Å². The lowest BCUT2D eigenvalue weighted by molar-refractivity contribution is -0.131. The van der Waals surface area contributed by atoms with E-state index in [2.05, 4.69) is 26.5 Å². The topological polar surface area (TPSA) is 69.2 Å². The van der Waals surface area contributed by atoms with E-state index < -0.39 is 6.10 Å². The molecule has 0 spiro atoms. The largest absolute Gasteiger partial charge is 0.493 e. The maximum absolute atomic E-state index is 12.4. The highest BCUT2D eigenvalue weighted by molar-refractivity contribution is 9.10. The lowest BCUT2D eigenvalue weighted by atomic mass is 10.1. The van der Waals surface area contributed by atoms with E-state index in [0.717, 1.165) is 21.2 Å². The van der Waals surface area contributed by atoms with Gasteiger partial charge in [-0.1, -0.05) is 60.7 Å². The number of methoxy groups -OCH3 is 2. The first-order valence-electron chi connectivity index (χ1n) is 9.57. The highest BCUT2D eigenvalue weighted by Crippen LogP contribution is 2.36. The van der Waals surface area contributed by atoms with E-state index >= 15 is 0 Å². The first-order chi connectivity index (χ1) is 15.1. The summed E-state index contributed by atoms with van der Waals surface area (Å²) in [6, 6.07) is 22.7. The molecule has 1 N–H and O–H groups in total. The average Bonchev–Trinajstić information content (AvgIpc) is 2.80. The Hall–Kier alpha value is -3.16. The van der Waals surface area contributed by atoms with Gasteiger partial charge in [0.15, 0.2) is 17.6 Å². The minimum Gasteiger partial charge on any atom is -0.493 e. The third kappa shape index (κ3) is 6.16. The van der Waals surface area contributed by atoms with Crippen LogP contribution >= 0.6 is 15.9 Å². The van der Waals surface area contributed by atoms with Crippen molar-refractivity contribution >= 4 is 28.1 Å². The zero-order valence-electron chi connectivity index (χ0n) is 17.2. The van der Waals surface area contributed by atoms with Gasteiger partial charge in [-0.25, -0.2) is 5.43 Å². The molecular weight excluding hydrogens is 460 g/mol. The second kappa shape index (κ2) is 11.3. The lowest BCUT2D eigenvalue weighted by Gasteiger charge is -2.14. The van der Waals surface area contributed by atoms with Crippen LogP contribution in [0.4, 0.5) is 0 Å². The number of rotatable bonds is 9. The monoisotopic (exact) mass is 482 g/mol. The zero-order valence-corrected chi connectivity index (χ0v) is 18.8. The van der Waals surface area contributed by atoms with Crippen molar-refractivity contribution in [1.82, 2.24) is 5.43 Å². The van der Waals surface area contributed by atoms with Gasteiger partial charge in [0.1, 0.15) is 6.61 Å². The normalized spacial score (nSPS) is 11.8. The summed E-state index contributed by atoms with van der Waals surface area (Å²) in [7, 11) is 3.06. The van der Waals surface area contributed by atoms with Crippen LogP contribution in [0.2, 0.25) is 0 Å². The molecule has 0 aliphatic heterocycles. The van der Waals surface area contributed by atoms with Gasteiger partial charge >= 0.3 is 0 Å². The molecule has 6 nitrogen and oxygen atoms in total. The number of hydrazone groups is 1. The Kier molecular flexibility index (Phi) is 8.20. The van der Waals surface area contributed by atoms with E-state index in [9.17, 15) is 4.79 Å². The highest BCUT2D eigenvalue weighted by atomic mass is 79.9. The van der Waals surface area contributed by atoms with Crippen molar-refractivity contribution in [3.63, 3.8) is 0 Å². The molecular formula is C24H23BrN2O4. The molecule has 1 atom stereocenters. The summed E-state index contributed by atoms with van der Waals surface area (Å²) in [4.78, 5) is 12.4. The third-order valence-electron chi connectivity index (χ3n) is 4.44. The van der Waals surface area contributed by atoms with Gasteiger partial charge < -0.3 is 14.2 Å². The first-order valence-corrected chi connectivity index (χ1v) is 10.4. The van der Waals surface area contributed by atoms with Gasteiger partial charge in [-0.15, -0.1) is 0 Å².